The van der Waals surface area contributed by atoms with E-state index in [1.165, 1.54) is 16.7 Å². The minimum atomic E-state index is -0.698. The van der Waals surface area contributed by atoms with E-state index in [2.05, 4.69) is 18.2 Å². The van der Waals surface area contributed by atoms with Gasteiger partial charge in [-0.15, -0.1) is 0 Å². The number of fused-ring (bicyclic) bond motifs is 1. The molecule has 0 amide bonds. The maximum atomic E-state index is 10.9. The Morgan fingerprint density at radius 1 is 1.35 bits per heavy atom. The second kappa shape index (κ2) is 3.84. The van der Waals surface area contributed by atoms with E-state index in [1.54, 1.807) is 0 Å². The third-order valence-corrected chi connectivity index (χ3v) is 3.94. The molecule has 0 radical (unpaired) electrons. The van der Waals surface area contributed by atoms with Crippen molar-refractivity contribution >= 4 is 5.97 Å². The summed E-state index contributed by atoms with van der Waals surface area (Å²) in [6.07, 6.45) is 3.23. The highest BCUT2D eigenvalue weighted by molar-refractivity contribution is 5.70. The minimum Gasteiger partial charge on any atom is -0.481 e. The molecule has 1 N–H and O–H groups in total. The Balaban J connectivity index is 1.91. The van der Waals surface area contributed by atoms with Gasteiger partial charge in [0.25, 0.3) is 0 Å². The number of carboxylic acid groups (broad SMARTS) is 1. The molecule has 1 aliphatic heterocycles. The first-order valence-electron chi connectivity index (χ1n) is 6.11. The Labute approximate surface area is 100 Å². The fourth-order valence-corrected chi connectivity index (χ4v) is 2.71. The molecule has 1 saturated carbocycles. The molecular weight excluding hydrogens is 216 g/mol. The molecule has 1 aromatic carbocycles. The molecule has 0 spiro atoms. The number of hydrogen-bond donors (Lipinski definition) is 1. The van der Waals surface area contributed by atoms with Crippen LogP contribution in [0.1, 0.15) is 36.0 Å². The van der Waals surface area contributed by atoms with Gasteiger partial charge in [0.2, 0.25) is 0 Å². The van der Waals surface area contributed by atoms with Gasteiger partial charge in [-0.25, -0.2) is 0 Å². The molecule has 3 rings (SSSR count). The molecule has 0 saturated heterocycles. The van der Waals surface area contributed by atoms with Gasteiger partial charge in [0.15, 0.2) is 0 Å². The summed E-state index contributed by atoms with van der Waals surface area (Å²) >= 11 is 0. The first kappa shape index (κ1) is 10.8. The van der Waals surface area contributed by atoms with Crippen LogP contribution in [0.5, 0.6) is 0 Å². The highest BCUT2D eigenvalue weighted by Gasteiger charge is 2.46. The first-order valence-corrected chi connectivity index (χ1v) is 6.11. The molecule has 90 valence electrons. The Morgan fingerprint density at radius 2 is 2.18 bits per heavy atom. The SMILES string of the molecule is O=C(O)CC1(c2ccc3c(c2)COCC3)CC1. The summed E-state index contributed by atoms with van der Waals surface area (Å²) in [5, 5.41) is 8.96. The van der Waals surface area contributed by atoms with Crippen molar-refractivity contribution in [1.82, 2.24) is 0 Å². The molecule has 0 aromatic heterocycles. The Hall–Kier alpha value is -1.35. The lowest BCUT2D eigenvalue weighted by atomic mass is 9.89. The number of carbonyl (C=O) groups is 1. The fraction of sp³-hybridized carbons (Fsp3) is 0.500. The summed E-state index contributed by atoms with van der Waals surface area (Å²) in [7, 11) is 0. The zero-order valence-electron chi connectivity index (χ0n) is 9.74. The second-order valence-corrected chi connectivity index (χ2v) is 5.14. The van der Waals surface area contributed by atoms with Gasteiger partial charge in [0.1, 0.15) is 0 Å². The van der Waals surface area contributed by atoms with Crippen molar-refractivity contribution in [2.24, 2.45) is 0 Å². The van der Waals surface area contributed by atoms with Crippen molar-refractivity contribution in [2.75, 3.05) is 6.61 Å². The van der Waals surface area contributed by atoms with Crippen molar-refractivity contribution in [2.45, 2.75) is 37.7 Å². The van der Waals surface area contributed by atoms with Gasteiger partial charge >= 0.3 is 5.97 Å². The van der Waals surface area contributed by atoms with Crippen LogP contribution in [0.3, 0.4) is 0 Å². The van der Waals surface area contributed by atoms with E-state index in [0.29, 0.717) is 6.61 Å². The second-order valence-electron chi connectivity index (χ2n) is 5.14. The lowest BCUT2D eigenvalue weighted by Crippen LogP contribution is -2.15. The van der Waals surface area contributed by atoms with Crippen molar-refractivity contribution in [1.29, 1.82) is 0 Å². The molecule has 3 heteroatoms. The molecule has 17 heavy (non-hydrogen) atoms. The van der Waals surface area contributed by atoms with E-state index >= 15 is 0 Å². The van der Waals surface area contributed by atoms with Crippen LogP contribution in [0.15, 0.2) is 18.2 Å². The number of benzene rings is 1. The maximum Gasteiger partial charge on any atom is 0.304 e. The molecule has 0 bridgehead atoms. The summed E-state index contributed by atoms with van der Waals surface area (Å²) < 4.78 is 5.45. The molecule has 1 fully saturated rings. The van der Waals surface area contributed by atoms with Gasteiger partial charge in [-0.2, -0.15) is 0 Å². The van der Waals surface area contributed by atoms with E-state index in [-0.39, 0.29) is 11.8 Å². The molecular formula is C14H16O3. The van der Waals surface area contributed by atoms with Crippen LogP contribution < -0.4 is 0 Å². The van der Waals surface area contributed by atoms with Crippen molar-refractivity contribution in [3.63, 3.8) is 0 Å². The van der Waals surface area contributed by atoms with Crippen LogP contribution in [0.25, 0.3) is 0 Å². The lowest BCUT2D eigenvalue weighted by molar-refractivity contribution is -0.137. The van der Waals surface area contributed by atoms with E-state index in [4.69, 9.17) is 9.84 Å². The van der Waals surface area contributed by atoms with Crippen molar-refractivity contribution in [3.05, 3.63) is 34.9 Å². The summed E-state index contributed by atoms with van der Waals surface area (Å²) in [5.74, 6) is -0.698. The van der Waals surface area contributed by atoms with Crippen LogP contribution in [-0.4, -0.2) is 17.7 Å². The van der Waals surface area contributed by atoms with E-state index in [0.717, 1.165) is 25.9 Å². The molecule has 1 aliphatic carbocycles. The predicted molar refractivity (Wildman–Crippen MR) is 63.0 cm³/mol. The molecule has 3 nitrogen and oxygen atoms in total. The predicted octanol–water partition coefficient (Wildman–Crippen LogP) is 2.27. The molecule has 2 aliphatic rings. The lowest BCUT2D eigenvalue weighted by Gasteiger charge is -2.20. The maximum absolute atomic E-state index is 10.9. The normalized spacial score (nSPS) is 20.7. The Bertz CT molecular complexity index is 461. The fourth-order valence-electron chi connectivity index (χ4n) is 2.71. The van der Waals surface area contributed by atoms with Gasteiger partial charge in [-0.1, -0.05) is 18.2 Å². The van der Waals surface area contributed by atoms with Crippen LogP contribution in [0.4, 0.5) is 0 Å². The number of rotatable bonds is 3. The first-order chi connectivity index (χ1) is 8.20. The zero-order valence-corrected chi connectivity index (χ0v) is 9.74. The smallest absolute Gasteiger partial charge is 0.304 e. The highest BCUT2D eigenvalue weighted by atomic mass is 16.5. The summed E-state index contributed by atoms with van der Waals surface area (Å²) in [4.78, 5) is 10.9. The minimum absolute atomic E-state index is 0.0850. The monoisotopic (exact) mass is 232 g/mol. The third-order valence-electron chi connectivity index (χ3n) is 3.94. The molecule has 1 heterocycles. The number of aliphatic carboxylic acids is 1. The van der Waals surface area contributed by atoms with Crippen LogP contribution in [0.2, 0.25) is 0 Å². The average Bonchev–Trinajstić information content (AvgIpc) is 3.08. The van der Waals surface area contributed by atoms with Crippen LogP contribution >= 0.6 is 0 Å². The Kier molecular flexibility index (Phi) is 2.44. The molecule has 0 unspecified atom stereocenters. The number of hydrogen-bond acceptors (Lipinski definition) is 2. The van der Waals surface area contributed by atoms with E-state index < -0.39 is 5.97 Å². The summed E-state index contributed by atoms with van der Waals surface area (Å²) in [6.45, 7) is 1.47. The van der Waals surface area contributed by atoms with Gasteiger partial charge in [0.05, 0.1) is 19.6 Å². The summed E-state index contributed by atoms with van der Waals surface area (Å²) in [6, 6.07) is 6.42. The zero-order chi connectivity index (χ0) is 11.9. The van der Waals surface area contributed by atoms with Gasteiger partial charge in [-0.05, 0) is 36.0 Å². The third kappa shape index (κ3) is 1.95. The number of carboxylic acids is 1. The average molecular weight is 232 g/mol. The molecule has 0 atom stereocenters. The highest BCUT2D eigenvalue weighted by Crippen LogP contribution is 2.51. The Morgan fingerprint density at radius 3 is 2.88 bits per heavy atom. The van der Waals surface area contributed by atoms with Crippen LogP contribution in [0, 0.1) is 0 Å². The van der Waals surface area contributed by atoms with Gasteiger partial charge in [-0.3, -0.25) is 4.79 Å². The molecule has 1 aromatic rings. The van der Waals surface area contributed by atoms with E-state index in [9.17, 15) is 4.79 Å². The largest absolute Gasteiger partial charge is 0.481 e. The van der Waals surface area contributed by atoms with Crippen molar-refractivity contribution in [3.8, 4) is 0 Å². The topological polar surface area (TPSA) is 46.5 Å². The number of ether oxygens (including phenoxy) is 1. The van der Waals surface area contributed by atoms with Crippen LogP contribution in [-0.2, 0) is 28.0 Å². The standard InChI is InChI=1S/C14H16O3/c15-13(16)8-14(4-5-14)12-2-1-10-3-6-17-9-11(10)7-12/h1-2,7H,3-6,8-9H2,(H,15,16). The summed E-state index contributed by atoms with van der Waals surface area (Å²) in [5.41, 5.74) is 3.69. The van der Waals surface area contributed by atoms with Gasteiger partial charge < -0.3 is 9.84 Å². The quantitative estimate of drug-likeness (QED) is 0.869. The van der Waals surface area contributed by atoms with Crippen molar-refractivity contribution < 1.29 is 14.6 Å². The van der Waals surface area contributed by atoms with E-state index in [1.807, 2.05) is 0 Å². The van der Waals surface area contributed by atoms with Gasteiger partial charge in [0, 0.05) is 5.41 Å².